The van der Waals surface area contributed by atoms with Crippen LogP contribution in [-0.4, -0.2) is 53.9 Å². The second kappa shape index (κ2) is 8.81. The minimum absolute atomic E-state index is 0.00331. The number of carbonyl (C=O) groups excluding carboxylic acids is 1. The maximum absolute atomic E-state index is 13.1. The predicted molar refractivity (Wildman–Crippen MR) is 110 cm³/mol. The van der Waals surface area contributed by atoms with Crippen LogP contribution in [-0.2, 0) is 16.6 Å². The Morgan fingerprint density at radius 2 is 1.69 bits per heavy atom. The zero-order valence-electron chi connectivity index (χ0n) is 16.2. The van der Waals surface area contributed by atoms with Crippen molar-refractivity contribution in [2.24, 2.45) is 0 Å². The highest BCUT2D eigenvalue weighted by Gasteiger charge is 2.36. The highest BCUT2D eigenvalue weighted by molar-refractivity contribution is 7.89. The van der Waals surface area contributed by atoms with Gasteiger partial charge in [0.15, 0.2) is 0 Å². The molecule has 156 valence electrons. The Hall–Kier alpha value is -1.97. The van der Waals surface area contributed by atoms with Crippen molar-refractivity contribution in [3.05, 3.63) is 64.7 Å². The Morgan fingerprint density at radius 1 is 1.10 bits per heavy atom. The number of hydrogen-bond donors (Lipinski definition) is 2. The third-order valence-electron chi connectivity index (χ3n) is 5.21. The molecule has 1 amide bonds. The number of nitrogens with zero attached hydrogens (tertiary/aromatic N) is 2. The molecule has 7 nitrogen and oxygen atoms in total. The molecule has 1 aliphatic rings. The van der Waals surface area contributed by atoms with Gasteiger partial charge in [0.2, 0.25) is 10.0 Å². The number of piperazine rings is 1. The molecule has 1 fully saturated rings. The molecule has 9 heteroatoms. The molecule has 2 aromatic carbocycles. The summed E-state index contributed by atoms with van der Waals surface area (Å²) in [6, 6.07) is 13.4. The summed E-state index contributed by atoms with van der Waals surface area (Å²) >= 11 is 6.12. The van der Waals surface area contributed by atoms with Gasteiger partial charge in [-0.1, -0.05) is 35.9 Å². The van der Waals surface area contributed by atoms with Crippen LogP contribution in [0.5, 0.6) is 0 Å². The summed E-state index contributed by atoms with van der Waals surface area (Å²) in [5.74, 6) is -0.559. The van der Waals surface area contributed by atoms with Gasteiger partial charge >= 0.3 is 0 Å². The van der Waals surface area contributed by atoms with Crippen LogP contribution in [0.4, 0.5) is 0 Å². The van der Waals surface area contributed by atoms with E-state index in [0.29, 0.717) is 25.2 Å². The molecule has 0 saturated carbocycles. The first-order valence-corrected chi connectivity index (χ1v) is 11.1. The molecule has 2 aromatic rings. The lowest BCUT2D eigenvalue weighted by Crippen LogP contribution is -2.57. The van der Waals surface area contributed by atoms with Crippen LogP contribution in [0.1, 0.15) is 29.8 Å². The second-order valence-corrected chi connectivity index (χ2v) is 9.57. The molecule has 1 saturated heterocycles. The van der Waals surface area contributed by atoms with Crippen molar-refractivity contribution in [1.29, 1.82) is 0 Å². The Labute approximate surface area is 175 Å². The number of halogens is 1. The van der Waals surface area contributed by atoms with Gasteiger partial charge in [0.05, 0.1) is 5.02 Å². The monoisotopic (exact) mass is 437 g/mol. The van der Waals surface area contributed by atoms with E-state index in [0.717, 1.165) is 5.56 Å². The topological polar surface area (TPSA) is 90.0 Å². The molecule has 1 aliphatic heterocycles. The molecule has 0 spiro atoms. The summed E-state index contributed by atoms with van der Waals surface area (Å²) in [6.45, 7) is 5.35. The number of sulfonamides is 1. The quantitative estimate of drug-likeness (QED) is 0.554. The zero-order chi connectivity index (χ0) is 21.2. The van der Waals surface area contributed by atoms with Gasteiger partial charge in [-0.3, -0.25) is 14.9 Å². The maximum Gasteiger partial charge on any atom is 0.274 e. The second-order valence-electron chi connectivity index (χ2n) is 7.26. The molecule has 0 unspecified atom stereocenters. The average Bonchev–Trinajstić information content (AvgIpc) is 2.70. The first-order valence-electron chi connectivity index (χ1n) is 9.28. The van der Waals surface area contributed by atoms with E-state index >= 15 is 0 Å². The van der Waals surface area contributed by atoms with Gasteiger partial charge < -0.3 is 0 Å². The van der Waals surface area contributed by atoms with E-state index < -0.39 is 15.9 Å². The molecule has 0 bridgehead atoms. The van der Waals surface area contributed by atoms with Crippen LogP contribution in [0.2, 0.25) is 5.02 Å². The van der Waals surface area contributed by atoms with E-state index in [1.807, 2.05) is 26.0 Å². The smallest absolute Gasteiger partial charge is 0.274 e. The van der Waals surface area contributed by atoms with E-state index in [1.165, 1.54) is 10.4 Å². The normalized spacial score (nSPS) is 21.1. The van der Waals surface area contributed by atoms with Gasteiger partial charge in [0.25, 0.3) is 5.91 Å². The van der Waals surface area contributed by atoms with E-state index in [2.05, 4.69) is 4.90 Å². The number of rotatable bonds is 5. The summed E-state index contributed by atoms with van der Waals surface area (Å²) in [6.07, 6.45) is 0. The largest absolute Gasteiger partial charge is 0.291 e. The predicted octanol–water partition coefficient (Wildman–Crippen LogP) is 2.74. The van der Waals surface area contributed by atoms with Gasteiger partial charge in [-0.15, -0.1) is 0 Å². The van der Waals surface area contributed by atoms with E-state index in [1.54, 1.807) is 35.8 Å². The fourth-order valence-electron chi connectivity index (χ4n) is 3.65. The minimum atomic E-state index is -3.67. The number of hydrogen-bond acceptors (Lipinski definition) is 5. The van der Waals surface area contributed by atoms with Crippen molar-refractivity contribution in [2.45, 2.75) is 37.4 Å². The summed E-state index contributed by atoms with van der Waals surface area (Å²) in [4.78, 5) is 13.8. The highest BCUT2D eigenvalue weighted by atomic mass is 35.5. The molecule has 0 aliphatic carbocycles. The average molecular weight is 438 g/mol. The van der Waals surface area contributed by atoms with Gasteiger partial charge in [-0.05, 0) is 43.7 Å². The zero-order valence-corrected chi connectivity index (χ0v) is 17.8. The maximum atomic E-state index is 13.1. The Kier molecular flexibility index (Phi) is 6.60. The number of hydroxylamine groups is 1. The third-order valence-corrected chi connectivity index (χ3v) is 7.54. The first kappa shape index (κ1) is 21.7. The van der Waals surface area contributed by atoms with E-state index in [4.69, 9.17) is 16.8 Å². The van der Waals surface area contributed by atoms with Crippen molar-refractivity contribution >= 4 is 27.5 Å². The lowest BCUT2D eigenvalue weighted by atomic mass is 10.1. The van der Waals surface area contributed by atoms with Crippen molar-refractivity contribution in [3.8, 4) is 0 Å². The third kappa shape index (κ3) is 4.62. The summed E-state index contributed by atoms with van der Waals surface area (Å²) in [7, 11) is -3.67. The molecule has 0 radical (unpaired) electrons. The summed E-state index contributed by atoms with van der Waals surface area (Å²) < 4.78 is 27.6. The molecular weight excluding hydrogens is 414 g/mol. The molecule has 29 heavy (non-hydrogen) atoms. The molecular formula is C20H24ClN3O4S. The lowest BCUT2D eigenvalue weighted by Gasteiger charge is -2.43. The van der Waals surface area contributed by atoms with Crippen molar-refractivity contribution in [1.82, 2.24) is 14.7 Å². The number of nitrogens with one attached hydrogen (secondary N) is 1. The van der Waals surface area contributed by atoms with Crippen molar-refractivity contribution in [3.63, 3.8) is 0 Å². The van der Waals surface area contributed by atoms with E-state index in [-0.39, 0.29) is 22.0 Å². The van der Waals surface area contributed by atoms with Gasteiger partial charge in [0, 0.05) is 37.3 Å². The molecule has 1 heterocycles. The van der Waals surface area contributed by atoms with Crippen molar-refractivity contribution in [2.75, 3.05) is 13.1 Å². The van der Waals surface area contributed by atoms with Crippen LogP contribution in [0.25, 0.3) is 0 Å². The SMILES string of the molecule is C[C@@H]1CN(S(=O)(=O)c2ccccc2Cl)C[C@H](C)N1Cc1ccc(C(=O)NO)cc1. The summed E-state index contributed by atoms with van der Waals surface area (Å²) in [5, 5.41) is 8.93. The number of amides is 1. The van der Waals surface area contributed by atoms with Crippen LogP contribution in [0, 0.1) is 0 Å². The standard InChI is InChI=1S/C20H24ClN3O4S/c1-14-11-23(29(27,28)19-6-4-3-5-18(19)21)12-15(2)24(14)13-16-7-9-17(10-8-16)20(25)22-26/h3-10,14-15,26H,11-13H2,1-2H3,(H,22,25)/t14-,15+. The first-order chi connectivity index (χ1) is 13.7. The van der Waals surface area contributed by atoms with Gasteiger partial charge in [-0.2, -0.15) is 4.31 Å². The fourth-order valence-corrected chi connectivity index (χ4v) is 5.74. The summed E-state index contributed by atoms with van der Waals surface area (Å²) in [5.41, 5.74) is 2.98. The molecule has 2 N–H and O–H groups in total. The van der Waals surface area contributed by atoms with Crippen LogP contribution in [0.15, 0.2) is 53.4 Å². The number of carbonyl (C=O) groups is 1. The Bertz CT molecular complexity index is 969. The van der Waals surface area contributed by atoms with Crippen LogP contribution in [0.3, 0.4) is 0 Å². The highest BCUT2D eigenvalue weighted by Crippen LogP contribution is 2.28. The Balaban J connectivity index is 1.73. The van der Waals surface area contributed by atoms with Crippen molar-refractivity contribution < 1.29 is 18.4 Å². The van der Waals surface area contributed by atoms with Gasteiger partial charge in [0.1, 0.15) is 4.90 Å². The molecule has 2 atom stereocenters. The van der Waals surface area contributed by atoms with E-state index in [9.17, 15) is 13.2 Å². The van der Waals surface area contributed by atoms with Crippen LogP contribution < -0.4 is 5.48 Å². The van der Waals surface area contributed by atoms with Crippen LogP contribution >= 0.6 is 11.6 Å². The number of benzene rings is 2. The van der Waals surface area contributed by atoms with Gasteiger partial charge in [-0.25, -0.2) is 13.9 Å². The lowest BCUT2D eigenvalue weighted by molar-refractivity contribution is 0.0695. The fraction of sp³-hybridized carbons (Fsp3) is 0.350. The Morgan fingerprint density at radius 3 is 2.24 bits per heavy atom. The molecule has 0 aromatic heterocycles. The minimum Gasteiger partial charge on any atom is -0.291 e. The molecule has 3 rings (SSSR count).